The first-order valence-corrected chi connectivity index (χ1v) is 10.9. The van der Waals surface area contributed by atoms with Crippen LogP contribution in [0.15, 0.2) is 50.8 Å². The number of rotatable bonds is 5. The maximum absolute atomic E-state index is 13.1. The number of halogens is 2. The Bertz CT molecular complexity index is 1170. The maximum atomic E-state index is 13.1. The second kappa shape index (κ2) is 9.17. The van der Waals surface area contributed by atoms with Crippen molar-refractivity contribution in [1.82, 2.24) is 9.66 Å². The molecule has 3 rings (SSSR count). The van der Waals surface area contributed by atoms with Gasteiger partial charge in [-0.05, 0) is 71.0 Å². The second-order valence-corrected chi connectivity index (χ2v) is 8.66. The van der Waals surface area contributed by atoms with Gasteiger partial charge in [0, 0.05) is 17.3 Å². The molecule has 150 valence electrons. The van der Waals surface area contributed by atoms with Gasteiger partial charge in [-0.3, -0.25) is 9.59 Å². The van der Waals surface area contributed by atoms with Crippen LogP contribution in [0.1, 0.15) is 44.5 Å². The summed E-state index contributed by atoms with van der Waals surface area (Å²) < 4.78 is 8.10. The highest BCUT2D eigenvalue weighted by atomic mass is 127. The van der Waals surface area contributed by atoms with E-state index in [1.165, 1.54) is 11.6 Å². The molecule has 3 aromatic rings. The molecule has 0 N–H and O–H groups in total. The quantitative estimate of drug-likeness (QED) is 0.186. The molecule has 0 aliphatic heterocycles. The lowest BCUT2D eigenvalue weighted by Gasteiger charge is -2.14. The Balaban J connectivity index is 2.08. The van der Waals surface area contributed by atoms with Crippen molar-refractivity contribution in [2.24, 2.45) is 5.10 Å². The summed E-state index contributed by atoms with van der Waals surface area (Å²) in [5, 5.41) is 4.95. The Kier molecular flexibility index (Phi) is 6.84. The van der Waals surface area contributed by atoms with Gasteiger partial charge in [0.2, 0.25) is 0 Å². The van der Waals surface area contributed by atoms with E-state index in [1.807, 2.05) is 32.0 Å². The molecule has 1 heterocycles. The number of hydrogen-bond donors (Lipinski definition) is 0. The third-order valence-electron chi connectivity index (χ3n) is 4.42. The zero-order valence-corrected chi connectivity index (χ0v) is 19.9. The first kappa shape index (κ1) is 21.6. The summed E-state index contributed by atoms with van der Waals surface area (Å²) in [6.45, 7) is 5.43. The van der Waals surface area contributed by atoms with E-state index in [-0.39, 0.29) is 17.4 Å². The molecule has 0 amide bonds. The van der Waals surface area contributed by atoms with E-state index in [1.54, 1.807) is 24.4 Å². The molecule has 0 bridgehead atoms. The van der Waals surface area contributed by atoms with E-state index in [2.05, 4.69) is 43.6 Å². The zero-order chi connectivity index (χ0) is 21.1. The van der Waals surface area contributed by atoms with Crippen molar-refractivity contribution in [1.29, 1.82) is 0 Å². The fourth-order valence-corrected chi connectivity index (χ4v) is 3.75. The zero-order valence-electron chi connectivity index (χ0n) is 16.1. The Morgan fingerprint density at radius 1 is 1.34 bits per heavy atom. The molecule has 0 spiro atoms. The van der Waals surface area contributed by atoms with E-state index in [0.29, 0.717) is 22.5 Å². The van der Waals surface area contributed by atoms with Crippen LogP contribution in [0.3, 0.4) is 0 Å². The smallest absolute Gasteiger partial charge is 0.308 e. The van der Waals surface area contributed by atoms with Crippen molar-refractivity contribution in [2.75, 3.05) is 0 Å². The molecule has 0 saturated carbocycles. The third-order valence-corrected chi connectivity index (χ3v) is 5.75. The molecular formula is C21H19BrIN3O3. The lowest BCUT2D eigenvalue weighted by molar-refractivity contribution is -0.131. The van der Waals surface area contributed by atoms with Crippen LogP contribution in [-0.2, 0) is 4.79 Å². The number of carbonyl (C=O) groups is 1. The second-order valence-electron chi connectivity index (χ2n) is 6.59. The Morgan fingerprint density at radius 3 is 2.76 bits per heavy atom. The highest BCUT2D eigenvalue weighted by Gasteiger charge is 2.15. The van der Waals surface area contributed by atoms with Gasteiger partial charge in [0.05, 0.1) is 20.7 Å². The molecule has 1 aromatic heterocycles. The number of benzene rings is 2. The Morgan fingerprint density at radius 2 is 2.10 bits per heavy atom. The number of aromatic nitrogens is 2. The van der Waals surface area contributed by atoms with Crippen LogP contribution in [-0.4, -0.2) is 21.8 Å². The summed E-state index contributed by atoms with van der Waals surface area (Å²) in [6, 6.07) is 10.8. The highest BCUT2D eigenvalue weighted by molar-refractivity contribution is 14.1. The third kappa shape index (κ3) is 4.92. The molecule has 0 saturated heterocycles. The maximum Gasteiger partial charge on any atom is 0.308 e. The number of carbonyl (C=O) groups excluding carboxylic acids is 1. The van der Waals surface area contributed by atoms with Gasteiger partial charge in [0.15, 0.2) is 0 Å². The van der Waals surface area contributed by atoms with Crippen molar-refractivity contribution in [3.05, 3.63) is 66.2 Å². The minimum Gasteiger partial charge on any atom is -0.426 e. The average Bonchev–Trinajstić information content (AvgIpc) is 2.68. The lowest BCUT2D eigenvalue weighted by atomic mass is 10.1. The SMILES string of the molecule is CC[C@@H](C)c1nc2ccc(Br)cc2c(=O)n1N=Cc1ccc(OC(C)=O)c(I)c1. The molecule has 8 heteroatoms. The molecule has 2 aromatic carbocycles. The van der Waals surface area contributed by atoms with Gasteiger partial charge in [-0.15, -0.1) is 0 Å². The van der Waals surface area contributed by atoms with Gasteiger partial charge in [0.25, 0.3) is 5.56 Å². The van der Waals surface area contributed by atoms with Crippen LogP contribution in [0.4, 0.5) is 0 Å². The molecule has 0 unspecified atom stereocenters. The van der Waals surface area contributed by atoms with Crippen LogP contribution in [0, 0.1) is 3.57 Å². The average molecular weight is 568 g/mol. The van der Waals surface area contributed by atoms with E-state index < -0.39 is 0 Å². The van der Waals surface area contributed by atoms with Crippen molar-refractivity contribution < 1.29 is 9.53 Å². The molecule has 0 fully saturated rings. The van der Waals surface area contributed by atoms with Gasteiger partial charge in [-0.25, -0.2) is 4.98 Å². The number of fused-ring (bicyclic) bond motifs is 1. The number of esters is 1. The van der Waals surface area contributed by atoms with Gasteiger partial charge >= 0.3 is 5.97 Å². The van der Waals surface area contributed by atoms with Gasteiger partial charge in [-0.2, -0.15) is 9.78 Å². The normalized spacial score (nSPS) is 12.4. The number of nitrogens with zero attached hydrogens (tertiary/aromatic N) is 3. The fourth-order valence-electron chi connectivity index (χ4n) is 2.74. The van der Waals surface area contributed by atoms with Gasteiger partial charge in [0.1, 0.15) is 11.6 Å². The topological polar surface area (TPSA) is 73.6 Å². The first-order valence-electron chi connectivity index (χ1n) is 9.04. The Labute approximate surface area is 190 Å². The first-order chi connectivity index (χ1) is 13.8. The predicted molar refractivity (Wildman–Crippen MR) is 126 cm³/mol. The van der Waals surface area contributed by atoms with Crippen molar-refractivity contribution in [3.63, 3.8) is 0 Å². The summed E-state index contributed by atoms with van der Waals surface area (Å²) in [5.74, 6) is 0.807. The van der Waals surface area contributed by atoms with Gasteiger partial charge in [-0.1, -0.05) is 29.8 Å². The molecule has 6 nitrogen and oxygen atoms in total. The summed E-state index contributed by atoms with van der Waals surface area (Å²) in [7, 11) is 0. The Hall–Kier alpha value is -2.07. The van der Waals surface area contributed by atoms with Crippen LogP contribution in [0.25, 0.3) is 10.9 Å². The lowest BCUT2D eigenvalue weighted by Crippen LogP contribution is -2.23. The minimum atomic E-state index is -0.373. The van der Waals surface area contributed by atoms with Crippen LogP contribution in [0.5, 0.6) is 5.75 Å². The number of hydrogen-bond acceptors (Lipinski definition) is 5. The molecule has 0 radical (unpaired) electrons. The predicted octanol–water partition coefficient (Wildman–Crippen LogP) is 5.08. The monoisotopic (exact) mass is 567 g/mol. The summed E-state index contributed by atoms with van der Waals surface area (Å²) in [6.07, 6.45) is 2.44. The van der Waals surface area contributed by atoms with E-state index >= 15 is 0 Å². The van der Waals surface area contributed by atoms with Crippen LogP contribution < -0.4 is 10.3 Å². The van der Waals surface area contributed by atoms with E-state index in [0.717, 1.165) is 20.0 Å². The molecule has 0 aliphatic rings. The van der Waals surface area contributed by atoms with Gasteiger partial charge < -0.3 is 4.74 Å². The summed E-state index contributed by atoms with van der Waals surface area (Å²) in [4.78, 5) is 29.0. The molecule has 1 atom stereocenters. The van der Waals surface area contributed by atoms with Crippen molar-refractivity contribution in [2.45, 2.75) is 33.1 Å². The van der Waals surface area contributed by atoms with Crippen LogP contribution in [0.2, 0.25) is 0 Å². The summed E-state index contributed by atoms with van der Waals surface area (Å²) in [5.41, 5.74) is 1.22. The minimum absolute atomic E-state index is 0.0689. The highest BCUT2D eigenvalue weighted by Crippen LogP contribution is 2.23. The molecule has 29 heavy (non-hydrogen) atoms. The standard InChI is InChI=1S/C21H19BrIN3O3/c1-4-12(2)20-25-18-7-6-15(22)10-16(18)21(28)26(20)24-11-14-5-8-19(17(23)9-14)29-13(3)27/h5-12H,4H2,1-3H3/t12-/m1/s1. The van der Waals surface area contributed by atoms with E-state index in [4.69, 9.17) is 9.72 Å². The van der Waals surface area contributed by atoms with Crippen molar-refractivity contribution >= 4 is 61.6 Å². The largest absolute Gasteiger partial charge is 0.426 e. The summed E-state index contributed by atoms with van der Waals surface area (Å²) >= 11 is 5.50. The van der Waals surface area contributed by atoms with Crippen molar-refractivity contribution in [3.8, 4) is 5.75 Å². The molecule has 0 aliphatic carbocycles. The molecular weight excluding hydrogens is 549 g/mol. The fraction of sp³-hybridized carbons (Fsp3) is 0.238. The van der Waals surface area contributed by atoms with E-state index in [9.17, 15) is 9.59 Å². The number of ether oxygens (including phenoxy) is 1. The van der Waals surface area contributed by atoms with Crippen LogP contribution >= 0.6 is 38.5 Å².